The van der Waals surface area contributed by atoms with Gasteiger partial charge in [-0.05, 0) is 55.7 Å². The fourth-order valence-electron chi connectivity index (χ4n) is 3.71. The van der Waals surface area contributed by atoms with Crippen LogP contribution in [0.5, 0.6) is 0 Å². The summed E-state index contributed by atoms with van der Waals surface area (Å²) >= 11 is 0. The fourth-order valence-corrected chi connectivity index (χ4v) is 3.71. The Hall–Kier alpha value is -2.62. The van der Waals surface area contributed by atoms with Crippen molar-refractivity contribution in [3.63, 3.8) is 0 Å². The molecule has 0 heterocycles. The standard InChI is InChI=1S/C28H40N2O2/c1-7-22(6)29-28(32)26(8-2)30(19-24-11-9-21(5)10-12-24)27(31)18-15-23-13-16-25(17-14-23)20(3)4/h9-14,16-17,20,22,26H,7-8,15,18-19H2,1-6H3,(H,29,32)/t22-,26-/m0/s1. The van der Waals surface area contributed by atoms with E-state index >= 15 is 0 Å². The summed E-state index contributed by atoms with van der Waals surface area (Å²) in [6.45, 7) is 12.9. The highest BCUT2D eigenvalue weighted by Gasteiger charge is 2.29. The molecule has 0 radical (unpaired) electrons. The van der Waals surface area contributed by atoms with E-state index in [0.29, 0.717) is 31.7 Å². The van der Waals surface area contributed by atoms with Crippen molar-refractivity contribution >= 4 is 11.8 Å². The van der Waals surface area contributed by atoms with Gasteiger partial charge in [-0.2, -0.15) is 0 Å². The zero-order valence-electron chi connectivity index (χ0n) is 20.7. The molecular formula is C28H40N2O2. The Kier molecular flexibility index (Phi) is 9.96. The maximum Gasteiger partial charge on any atom is 0.243 e. The van der Waals surface area contributed by atoms with E-state index in [1.54, 1.807) is 4.90 Å². The molecule has 2 rings (SSSR count). The van der Waals surface area contributed by atoms with Crippen LogP contribution in [0.3, 0.4) is 0 Å². The second kappa shape index (κ2) is 12.4. The molecular weight excluding hydrogens is 396 g/mol. The van der Waals surface area contributed by atoms with Crippen molar-refractivity contribution in [2.45, 2.75) is 91.8 Å². The van der Waals surface area contributed by atoms with Gasteiger partial charge in [0.15, 0.2) is 0 Å². The predicted molar refractivity (Wildman–Crippen MR) is 133 cm³/mol. The van der Waals surface area contributed by atoms with Gasteiger partial charge in [0.1, 0.15) is 6.04 Å². The summed E-state index contributed by atoms with van der Waals surface area (Å²) in [5, 5.41) is 3.07. The lowest BCUT2D eigenvalue weighted by Crippen LogP contribution is -2.50. The number of aryl methyl sites for hydroxylation is 2. The number of carbonyl (C=O) groups is 2. The summed E-state index contributed by atoms with van der Waals surface area (Å²) in [7, 11) is 0. The van der Waals surface area contributed by atoms with Crippen molar-refractivity contribution < 1.29 is 9.59 Å². The molecule has 2 aromatic rings. The predicted octanol–water partition coefficient (Wildman–Crippen LogP) is 5.77. The molecule has 1 N–H and O–H groups in total. The van der Waals surface area contributed by atoms with Crippen LogP contribution in [-0.4, -0.2) is 28.8 Å². The van der Waals surface area contributed by atoms with Crippen LogP contribution >= 0.6 is 0 Å². The van der Waals surface area contributed by atoms with E-state index in [-0.39, 0.29) is 17.9 Å². The monoisotopic (exact) mass is 436 g/mol. The Morgan fingerprint density at radius 1 is 0.875 bits per heavy atom. The van der Waals surface area contributed by atoms with Gasteiger partial charge in [0, 0.05) is 19.0 Å². The zero-order valence-corrected chi connectivity index (χ0v) is 20.7. The Balaban J connectivity index is 2.18. The third-order valence-corrected chi connectivity index (χ3v) is 6.13. The van der Waals surface area contributed by atoms with Crippen molar-refractivity contribution in [2.75, 3.05) is 0 Å². The minimum Gasteiger partial charge on any atom is -0.352 e. The minimum absolute atomic E-state index is 0.0182. The first-order valence-corrected chi connectivity index (χ1v) is 12.0. The summed E-state index contributed by atoms with van der Waals surface area (Å²) in [4.78, 5) is 28.1. The van der Waals surface area contributed by atoms with Gasteiger partial charge in [-0.3, -0.25) is 9.59 Å². The van der Waals surface area contributed by atoms with Gasteiger partial charge in [-0.15, -0.1) is 0 Å². The topological polar surface area (TPSA) is 49.4 Å². The number of hydrogen-bond acceptors (Lipinski definition) is 2. The van der Waals surface area contributed by atoms with Crippen LogP contribution in [0, 0.1) is 6.92 Å². The number of rotatable bonds is 11. The summed E-state index contributed by atoms with van der Waals surface area (Å²) in [5.74, 6) is 0.443. The Bertz CT molecular complexity index is 856. The van der Waals surface area contributed by atoms with Crippen molar-refractivity contribution in [3.8, 4) is 0 Å². The van der Waals surface area contributed by atoms with Crippen molar-refractivity contribution in [3.05, 3.63) is 70.8 Å². The highest BCUT2D eigenvalue weighted by atomic mass is 16.2. The quantitative estimate of drug-likeness (QED) is 0.486. The average molecular weight is 437 g/mol. The first kappa shape index (κ1) is 25.6. The van der Waals surface area contributed by atoms with Crippen LogP contribution in [0.4, 0.5) is 0 Å². The Morgan fingerprint density at radius 2 is 1.47 bits per heavy atom. The molecule has 4 heteroatoms. The number of nitrogens with zero attached hydrogens (tertiary/aromatic N) is 1. The molecule has 0 aliphatic rings. The molecule has 0 saturated heterocycles. The van der Waals surface area contributed by atoms with E-state index in [9.17, 15) is 9.59 Å². The van der Waals surface area contributed by atoms with Crippen LogP contribution in [0.25, 0.3) is 0 Å². The highest BCUT2D eigenvalue weighted by molar-refractivity contribution is 5.87. The molecule has 0 aliphatic carbocycles. The van der Waals surface area contributed by atoms with Crippen LogP contribution in [0.15, 0.2) is 48.5 Å². The van der Waals surface area contributed by atoms with Gasteiger partial charge in [0.05, 0.1) is 0 Å². The lowest BCUT2D eigenvalue weighted by atomic mass is 10.00. The maximum atomic E-state index is 13.4. The van der Waals surface area contributed by atoms with E-state index in [2.05, 4.69) is 55.6 Å². The molecule has 0 aromatic heterocycles. The average Bonchev–Trinajstić information content (AvgIpc) is 2.78. The molecule has 0 bridgehead atoms. The van der Waals surface area contributed by atoms with Gasteiger partial charge in [0.2, 0.25) is 11.8 Å². The molecule has 0 saturated carbocycles. The lowest BCUT2D eigenvalue weighted by molar-refractivity contribution is -0.141. The normalized spacial score (nSPS) is 13.0. The van der Waals surface area contributed by atoms with Crippen LogP contribution in [0.2, 0.25) is 0 Å². The summed E-state index contributed by atoms with van der Waals surface area (Å²) < 4.78 is 0. The molecule has 0 spiro atoms. The molecule has 0 aliphatic heterocycles. The van der Waals surface area contributed by atoms with Crippen molar-refractivity contribution in [1.82, 2.24) is 10.2 Å². The first-order chi connectivity index (χ1) is 15.2. The number of carbonyl (C=O) groups excluding carboxylic acids is 2. The second-order valence-corrected chi connectivity index (χ2v) is 9.15. The Labute approximate surface area is 194 Å². The van der Waals surface area contributed by atoms with E-state index in [1.165, 1.54) is 11.1 Å². The molecule has 2 amide bonds. The number of hydrogen-bond donors (Lipinski definition) is 1. The molecule has 0 unspecified atom stereocenters. The maximum absolute atomic E-state index is 13.4. The molecule has 2 aromatic carbocycles. The molecule has 32 heavy (non-hydrogen) atoms. The smallest absolute Gasteiger partial charge is 0.243 e. The zero-order chi connectivity index (χ0) is 23.7. The lowest BCUT2D eigenvalue weighted by Gasteiger charge is -2.31. The summed E-state index contributed by atoms with van der Waals surface area (Å²) in [6, 6.07) is 16.3. The number of amides is 2. The molecule has 0 fully saturated rings. The van der Waals surface area contributed by atoms with E-state index in [4.69, 9.17) is 0 Å². The van der Waals surface area contributed by atoms with Gasteiger partial charge in [-0.1, -0.05) is 81.8 Å². The number of benzene rings is 2. The minimum atomic E-state index is -0.471. The summed E-state index contributed by atoms with van der Waals surface area (Å²) in [6.07, 6.45) is 2.51. The molecule has 2 atom stereocenters. The third kappa shape index (κ3) is 7.51. The van der Waals surface area contributed by atoms with Crippen LogP contribution in [-0.2, 0) is 22.6 Å². The van der Waals surface area contributed by atoms with Gasteiger partial charge >= 0.3 is 0 Å². The van der Waals surface area contributed by atoms with Crippen LogP contribution < -0.4 is 5.32 Å². The first-order valence-electron chi connectivity index (χ1n) is 12.0. The van der Waals surface area contributed by atoms with Crippen molar-refractivity contribution in [1.29, 1.82) is 0 Å². The van der Waals surface area contributed by atoms with E-state index in [0.717, 1.165) is 17.5 Å². The second-order valence-electron chi connectivity index (χ2n) is 9.15. The van der Waals surface area contributed by atoms with E-state index in [1.807, 2.05) is 39.8 Å². The summed E-state index contributed by atoms with van der Waals surface area (Å²) in [5.41, 5.74) is 4.67. The van der Waals surface area contributed by atoms with Crippen molar-refractivity contribution in [2.24, 2.45) is 0 Å². The van der Waals surface area contributed by atoms with E-state index < -0.39 is 6.04 Å². The van der Waals surface area contributed by atoms with Gasteiger partial charge in [0.25, 0.3) is 0 Å². The number of nitrogens with one attached hydrogen (secondary N) is 1. The highest BCUT2D eigenvalue weighted by Crippen LogP contribution is 2.18. The SMILES string of the molecule is CC[C@H](C)NC(=O)[C@H](CC)N(Cc1ccc(C)cc1)C(=O)CCc1ccc(C(C)C)cc1. The van der Waals surface area contributed by atoms with Gasteiger partial charge < -0.3 is 10.2 Å². The third-order valence-electron chi connectivity index (χ3n) is 6.13. The van der Waals surface area contributed by atoms with Crippen LogP contribution in [0.1, 0.15) is 82.1 Å². The largest absolute Gasteiger partial charge is 0.352 e. The molecule has 174 valence electrons. The Morgan fingerprint density at radius 3 is 2.00 bits per heavy atom. The van der Waals surface area contributed by atoms with Gasteiger partial charge in [-0.25, -0.2) is 0 Å². The fraction of sp³-hybridized carbons (Fsp3) is 0.500. The molecule has 4 nitrogen and oxygen atoms in total.